The molecule has 2 N–H and O–H groups in total. The summed E-state index contributed by atoms with van der Waals surface area (Å²) in [4.78, 5) is 2.08. The molecule has 2 unspecified atom stereocenters. The van der Waals surface area contributed by atoms with Gasteiger partial charge in [0.2, 0.25) is 0 Å². The van der Waals surface area contributed by atoms with Crippen molar-refractivity contribution >= 4 is 11.6 Å². The van der Waals surface area contributed by atoms with Gasteiger partial charge in [0.05, 0.1) is 0 Å². The van der Waals surface area contributed by atoms with E-state index < -0.39 is 6.43 Å². The molecule has 0 bridgehead atoms. The molecule has 1 heterocycles. The van der Waals surface area contributed by atoms with E-state index in [9.17, 15) is 8.78 Å². The molecule has 1 aromatic carbocycles. The average molecular weight is 275 g/mol. The summed E-state index contributed by atoms with van der Waals surface area (Å²) in [6, 6.07) is 4.58. The summed E-state index contributed by atoms with van der Waals surface area (Å²) in [5.41, 5.74) is 6.38. The number of hydrogen-bond acceptors (Lipinski definition) is 2. The van der Waals surface area contributed by atoms with Crippen LogP contribution in [0.25, 0.3) is 0 Å². The number of likely N-dealkylation sites (tertiary alicyclic amines) is 1. The first-order valence-electron chi connectivity index (χ1n) is 6.00. The number of halogens is 3. The molecule has 0 spiro atoms. The van der Waals surface area contributed by atoms with E-state index in [1.54, 1.807) is 6.07 Å². The van der Waals surface area contributed by atoms with Gasteiger partial charge in [0, 0.05) is 23.2 Å². The molecule has 2 rings (SSSR count). The summed E-state index contributed by atoms with van der Waals surface area (Å²) in [5, 5.41) is 0.499. The topological polar surface area (TPSA) is 29.3 Å². The highest BCUT2D eigenvalue weighted by Gasteiger charge is 2.32. The maximum absolute atomic E-state index is 13.0. The largest absolute Gasteiger partial charge is 0.330 e. The van der Waals surface area contributed by atoms with Crippen molar-refractivity contribution in [1.29, 1.82) is 0 Å². The van der Waals surface area contributed by atoms with E-state index in [2.05, 4.69) is 4.90 Å². The summed E-state index contributed by atoms with van der Waals surface area (Å²) in [6.45, 7) is 1.43. The van der Waals surface area contributed by atoms with Gasteiger partial charge >= 0.3 is 0 Å². The summed E-state index contributed by atoms with van der Waals surface area (Å²) >= 11 is 5.93. The fourth-order valence-corrected chi connectivity index (χ4v) is 2.85. The van der Waals surface area contributed by atoms with Gasteiger partial charge in [-0.25, -0.2) is 8.78 Å². The Morgan fingerprint density at radius 2 is 2.22 bits per heavy atom. The van der Waals surface area contributed by atoms with Gasteiger partial charge in [-0.15, -0.1) is 0 Å². The van der Waals surface area contributed by atoms with Gasteiger partial charge in [-0.2, -0.15) is 0 Å². The van der Waals surface area contributed by atoms with Crippen LogP contribution < -0.4 is 5.73 Å². The predicted octanol–water partition coefficient (Wildman–Crippen LogP) is 3.23. The standard InChI is InChI=1S/C13H17ClF2N2/c1-18-7-8(6-17)4-12(18)11-5-9(14)2-3-10(11)13(15)16/h2-3,5,8,12-13H,4,6-7,17H2,1H3. The van der Waals surface area contributed by atoms with Crippen molar-refractivity contribution in [3.63, 3.8) is 0 Å². The van der Waals surface area contributed by atoms with Crippen molar-refractivity contribution in [2.45, 2.75) is 18.9 Å². The average Bonchev–Trinajstić information content (AvgIpc) is 2.70. The van der Waals surface area contributed by atoms with Gasteiger partial charge in [-0.3, -0.25) is 4.90 Å². The molecule has 0 radical (unpaired) electrons. The Morgan fingerprint density at radius 3 is 2.78 bits per heavy atom. The molecule has 5 heteroatoms. The third-order valence-corrected chi connectivity index (χ3v) is 3.85. The zero-order valence-corrected chi connectivity index (χ0v) is 11.0. The Morgan fingerprint density at radius 1 is 1.50 bits per heavy atom. The van der Waals surface area contributed by atoms with Crippen molar-refractivity contribution in [2.24, 2.45) is 11.7 Å². The maximum atomic E-state index is 13.0. The SMILES string of the molecule is CN1CC(CN)CC1c1cc(Cl)ccc1C(F)F. The molecular weight excluding hydrogens is 258 g/mol. The Kier molecular flexibility index (Phi) is 4.20. The normalized spacial score (nSPS) is 25.0. The van der Waals surface area contributed by atoms with Crippen molar-refractivity contribution in [3.05, 3.63) is 34.3 Å². The quantitative estimate of drug-likeness (QED) is 0.917. The van der Waals surface area contributed by atoms with Crippen LogP contribution in [0.4, 0.5) is 8.78 Å². The number of nitrogens with zero attached hydrogens (tertiary/aromatic N) is 1. The summed E-state index contributed by atoms with van der Waals surface area (Å²) in [5.74, 6) is 0.365. The zero-order chi connectivity index (χ0) is 13.3. The minimum Gasteiger partial charge on any atom is -0.330 e. The second kappa shape index (κ2) is 5.51. The van der Waals surface area contributed by atoms with E-state index in [1.807, 2.05) is 7.05 Å². The number of rotatable bonds is 3. The predicted molar refractivity (Wildman–Crippen MR) is 68.9 cm³/mol. The van der Waals surface area contributed by atoms with Crippen molar-refractivity contribution in [1.82, 2.24) is 4.90 Å². The molecule has 0 aliphatic carbocycles. The second-order valence-electron chi connectivity index (χ2n) is 4.87. The fourth-order valence-electron chi connectivity index (χ4n) is 2.67. The first-order valence-corrected chi connectivity index (χ1v) is 6.38. The van der Waals surface area contributed by atoms with Crippen LogP contribution in [0.2, 0.25) is 5.02 Å². The molecule has 2 atom stereocenters. The minimum atomic E-state index is -2.47. The van der Waals surface area contributed by atoms with Crippen LogP contribution in [0.1, 0.15) is 30.0 Å². The van der Waals surface area contributed by atoms with E-state index in [1.165, 1.54) is 12.1 Å². The van der Waals surface area contributed by atoms with Crippen LogP contribution in [0.3, 0.4) is 0 Å². The molecule has 1 fully saturated rings. The lowest BCUT2D eigenvalue weighted by atomic mass is 9.96. The molecular formula is C13H17ClF2N2. The Hall–Kier alpha value is -0.710. The lowest BCUT2D eigenvalue weighted by Crippen LogP contribution is -2.21. The molecule has 1 aliphatic heterocycles. The maximum Gasteiger partial charge on any atom is 0.264 e. The van der Waals surface area contributed by atoms with E-state index in [0.29, 0.717) is 23.0 Å². The third-order valence-electron chi connectivity index (χ3n) is 3.61. The van der Waals surface area contributed by atoms with Gasteiger partial charge < -0.3 is 5.73 Å². The Balaban J connectivity index is 2.35. The molecule has 0 aromatic heterocycles. The molecule has 2 nitrogen and oxygen atoms in total. The fraction of sp³-hybridized carbons (Fsp3) is 0.538. The van der Waals surface area contributed by atoms with Crippen molar-refractivity contribution in [3.8, 4) is 0 Å². The van der Waals surface area contributed by atoms with Crippen LogP contribution in [-0.2, 0) is 0 Å². The van der Waals surface area contributed by atoms with Gasteiger partial charge in [0.25, 0.3) is 6.43 Å². The van der Waals surface area contributed by atoms with Crippen LogP contribution in [0, 0.1) is 5.92 Å². The molecule has 1 aliphatic rings. The van der Waals surface area contributed by atoms with Gasteiger partial charge in [-0.1, -0.05) is 17.7 Å². The Labute approximate surface area is 111 Å². The highest BCUT2D eigenvalue weighted by Crippen LogP contribution is 2.39. The molecule has 0 amide bonds. The summed E-state index contributed by atoms with van der Waals surface area (Å²) in [6.07, 6.45) is -1.66. The summed E-state index contributed by atoms with van der Waals surface area (Å²) in [7, 11) is 1.94. The minimum absolute atomic E-state index is 0.0127. The first kappa shape index (κ1) is 13.7. The smallest absolute Gasteiger partial charge is 0.264 e. The van der Waals surface area contributed by atoms with Crippen molar-refractivity contribution in [2.75, 3.05) is 20.1 Å². The van der Waals surface area contributed by atoms with E-state index in [-0.39, 0.29) is 11.6 Å². The molecule has 0 saturated carbocycles. The lowest BCUT2D eigenvalue weighted by Gasteiger charge is -2.22. The number of nitrogens with two attached hydrogens (primary N) is 1. The third kappa shape index (κ3) is 2.66. The van der Waals surface area contributed by atoms with E-state index >= 15 is 0 Å². The molecule has 1 saturated heterocycles. The van der Waals surface area contributed by atoms with E-state index in [0.717, 1.165) is 13.0 Å². The van der Waals surface area contributed by atoms with E-state index in [4.69, 9.17) is 17.3 Å². The van der Waals surface area contributed by atoms with Crippen LogP contribution in [0.15, 0.2) is 18.2 Å². The van der Waals surface area contributed by atoms with Gasteiger partial charge in [0.15, 0.2) is 0 Å². The van der Waals surface area contributed by atoms with Crippen LogP contribution >= 0.6 is 11.6 Å². The van der Waals surface area contributed by atoms with Crippen LogP contribution in [-0.4, -0.2) is 25.0 Å². The number of benzene rings is 1. The number of hydrogen-bond donors (Lipinski definition) is 1. The van der Waals surface area contributed by atoms with Crippen molar-refractivity contribution < 1.29 is 8.78 Å². The van der Waals surface area contributed by atoms with Gasteiger partial charge in [0.1, 0.15) is 0 Å². The zero-order valence-electron chi connectivity index (χ0n) is 10.2. The highest BCUT2D eigenvalue weighted by atomic mass is 35.5. The lowest BCUT2D eigenvalue weighted by molar-refractivity contribution is 0.147. The van der Waals surface area contributed by atoms with Crippen LogP contribution in [0.5, 0.6) is 0 Å². The molecule has 100 valence electrons. The highest BCUT2D eigenvalue weighted by molar-refractivity contribution is 6.30. The number of alkyl halides is 2. The Bertz CT molecular complexity index is 425. The molecule has 18 heavy (non-hydrogen) atoms. The summed E-state index contributed by atoms with van der Waals surface area (Å²) < 4.78 is 26.1. The monoisotopic (exact) mass is 274 g/mol. The second-order valence-corrected chi connectivity index (χ2v) is 5.30. The molecule has 1 aromatic rings. The van der Waals surface area contributed by atoms with Gasteiger partial charge in [-0.05, 0) is 43.6 Å². The first-order chi connectivity index (χ1) is 8.52.